The summed E-state index contributed by atoms with van der Waals surface area (Å²) in [4.78, 5) is 15.5. The minimum absolute atomic E-state index is 0.0451. The molecule has 0 radical (unpaired) electrons. The van der Waals surface area contributed by atoms with Crippen LogP contribution in [-0.4, -0.2) is 37.9 Å². The van der Waals surface area contributed by atoms with Gasteiger partial charge in [-0.2, -0.15) is 0 Å². The lowest BCUT2D eigenvalue weighted by atomic mass is 10.1. The van der Waals surface area contributed by atoms with E-state index in [1.54, 1.807) is 11.5 Å². The number of benzene rings is 1. The van der Waals surface area contributed by atoms with Gasteiger partial charge in [-0.25, -0.2) is 14.2 Å². The van der Waals surface area contributed by atoms with Gasteiger partial charge in [-0.15, -0.1) is 0 Å². The van der Waals surface area contributed by atoms with Crippen molar-refractivity contribution in [2.24, 2.45) is 0 Å². The number of carboxylic acids is 1. The number of hydrogen-bond acceptors (Lipinski definition) is 4. The van der Waals surface area contributed by atoms with Crippen molar-refractivity contribution in [1.82, 2.24) is 9.55 Å². The zero-order chi connectivity index (χ0) is 18.4. The molecule has 0 atom stereocenters. The van der Waals surface area contributed by atoms with Crippen LogP contribution in [-0.2, 0) is 6.54 Å². The van der Waals surface area contributed by atoms with Gasteiger partial charge < -0.3 is 19.5 Å². The van der Waals surface area contributed by atoms with Gasteiger partial charge in [-0.3, -0.25) is 0 Å². The molecule has 0 amide bonds. The van der Waals surface area contributed by atoms with Crippen LogP contribution >= 0.6 is 0 Å². The van der Waals surface area contributed by atoms with Gasteiger partial charge in [0.05, 0.1) is 17.7 Å². The second-order valence-corrected chi connectivity index (χ2v) is 6.31. The van der Waals surface area contributed by atoms with Gasteiger partial charge in [-0.1, -0.05) is 11.8 Å². The Kier molecular flexibility index (Phi) is 4.01. The van der Waals surface area contributed by atoms with E-state index in [0.29, 0.717) is 23.6 Å². The maximum atomic E-state index is 14.3. The van der Waals surface area contributed by atoms with Crippen LogP contribution in [0.5, 0.6) is 5.75 Å². The van der Waals surface area contributed by atoms with Gasteiger partial charge in [-0.05, 0) is 26.8 Å². The molecule has 0 aliphatic carbocycles. The third-order valence-electron chi connectivity index (χ3n) is 3.81. The highest BCUT2D eigenvalue weighted by molar-refractivity contribution is 5.88. The smallest absolute Gasteiger partial charge is 0.356 e. The van der Waals surface area contributed by atoms with Crippen molar-refractivity contribution < 1.29 is 24.1 Å². The molecular weight excluding hydrogens is 327 g/mol. The molecule has 7 heteroatoms. The van der Waals surface area contributed by atoms with Crippen molar-refractivity contribution in [2.75, 3.05) is 6.61 Å². The molecule has 1 aliphatic rings. The molecule has 130 valence electrons. The number of nitrogens with zero attached hydrogens (tertiary/aromatic N) is 2. The maximum absolute atomic E-state index is 14.3. The van der Waals surface area contributed by atoms with Crippen molar-refractivity contribution in [3.05, 3.63) is 34.9 Å². The van der Waals surface area contributed by atoms with Gasteiger partial charge in [0.15, 0.2) is 5.69 Å². The summed E-state index contributed by atoms with van der Waals surface area (Å²) in [5.41, 5.74) is -0.255. The lowest BCUT2D eigenvalue weighted by molar-refractivity contribution is 0.0690. The first-order chi connectivity index (χ1) is 11.7. The Balaban J connectivity index is 2.21. The van der Waals surface area contributed by atoms with E-state index in [9.17, 15) is 19.4 Å². The van der Waals surface area contributed by atoms with Crippen LogP contribution in [0.4, 0.5) is 4.39 Å². The number of imidazole rings is 1. The molecule has 0 spiro atoms. The van der Waals surface area contributed by atoms with E-state index in [1.807, 2.05) is 0 Å². The fourth-order valence-corrected chi connectivity index (χ4v) is 2.63. The highest BCUT2D eigenvalue weighted by atomic mass is 19.1. The summed E-state index contributed by atoms with van der Waals surface area (Å²) >= 11 is 0. The first-order valence-corrected chi connectivity index (χ1v) is 7.70. The average molecular weight is 344 g/mol. The predicted molar refractivity (Wildman–Crippen MR) is 88.0 cm³/mol. The summed E-state index contributed by atoms with van der Waals surface area (Å²) in [5.74, 6) is 4.16. The minimum Gasteiger partial charge on any atom is -0.491 e. The lowest BCUT2D eigenvalue weighted by Crippen LogP contribution is -2.14. The molecule has 2 heterocycles. The van der Waals surface area contributed by atoms with E-state index >= 15 is 0 Å². The second kappa shape index (κ2) is 5.90. The Morgan fingerprint density at radius 3 is 2.80 bits per heavy atom. The van der Waals surface area contributed by atoms with Gasteiger partial charge in [0, 0.05) is 11.8 Å². The summed E-state index contributed by atoms with van der Waals surface area (Å²) in [6.45, 7) is 5.34. The van der Waals surface area contributed by atoms with Crippen LogP contribution in [0.1, 0.15) is 35.6 Å². The fourth-order valence-electron chi connectivity index (χ4n) is 2.63. The number of carboxylic acid groups (broad SMARTS) is 1. The second-order valence-electron chi connectivity index (χ2n) is 6.31. The summed E-state index contributed by atoms with van der Waals surface area (Å²) in [6.07, 6.45) is 0. The molecular formula is C18H17FN2O4. The van der Waals surface area contributed by atoms with Crippen molar-refractivity contribution in [1.29, 1.82) is 0 Å². The van der Waals surface area contributed by atoms with E-state index in [2.05, 4.69) is 16.8 Å². The van der Waals surface area contributed by atoms with E-state index in [1.165, 1.54) is 26.0 Å². The first-order valence-electron chi connectivity index (χ1n) is 7.70. The average Bonchev–Trinajstić information content (AvgIpc) is 2.72. The van der Waals surface area contributed by atoms with Crippen LogP contribution in [0.15, 0.2) is 12.1 Å². The summed E-state index contributed by atoms with van der Waals surface area (Å²) in [5, 5.41) is 19.0. The van der Waals surface area contributed by atoms with Crippen LogP contribution in [0, 0.1) is 24.6 Å². The molecule has 3 rings (SSSR count). The Morgan fingerprint density at radius 1 is 1.44 bits per heavy atom. The number of aromatic nitrogens is 2. The molecule has 2 aromatic rings. The number of rotatable bonds is 1. The zero-order valence-corrected chi connectivity index (χ0v) is 14.1. The zero-order valence-electron chi connectivity index (χ0n) is 14.1. The largest absolute Gasteiger partial charge is 0.491 e. The van der Waals surface area contributed by atoms with Crippen LogP contribution in [0.3, 0.4) is 0 Å². The molecule has 0 saturated carbocycles. The first kappa shape index (κ1) is 17.0. The molecule has 1 aromatic heterocycles. The molecule has 0 bridgehead atoms. The normalized spacial score (nSPS) is 13.0. The van der Waals surface area contributed by atoms with Gasteiger partial charge in [0.25, 0.3) is 0 Å². The van der Waals surface area contributed by atoms with E-state index in [4.69, 9.17) is 4.74 Å². The molecule has 2 N–H and O–H groups in total. The van der Waals surface area contributed by atoms with Crippen molar-refractivity contribution in [2.45, 2.75) is 32.9 Å². The van der Waals surface area contributed by atoms with Gasteiger partial charge >= 0.3 is 5.97 Å². The van der Waals surface area contributed by atoms with E-state index in [0.717, 1.165) is 0 Å². The molecule has 0 saturated heterocycles. The SMILES string of the molecule is Cc1c(C(=O)O)nc2n1CCOc1cc(F)c(C#CC(C)(C)O)cc1-2. The molecule has 0 fully saturated rings. The van der Waals surface area contributed by atoms with Crippen molar-refractivity contribution in [3.63, 3.8) is 0 Å². The number of hydrogen-bond donors (Lipinski definition) is 2. The summed E-state index contributed by atoms with van der Waals surface area (Å²) in [7, 11) is 0. The Hall–Kier alpha value is -2.85. The molecule has 6 nitrogen and oxygen atoms in total. The lowest BCUT2D eigenvalue weighted by Gasteiger charge is -2.09. The Labute approximate surface area is 143 Å². The monoisotopic (exact) mass is 344 g/mol. The Bertz CT molecular complexity index is 929. The van der Waals surface area contributed by atoms with E-state index < -0.39 is 17.4 Å². The van der Waals surface area contributed by atoms with Crippen molar-refractivity contribution >= 4 is 5.97 Å². The van der Waals surface area contributed by atoms with Crippen LogP contribution < -0.4 is 4.74 Å². The summed E-state index contributed by atoms with van der Waals surface area (Å²) in [6, 6.07) is 2.68. The highest BCUT2D eigenvalue weighted by Crippen LogP contribution is 2.35. The number of carbonyl (C=O) groups is 1. The third kappa shape index (κ3) is 3.21. The Morgan fingerprint density at radius 2 is 2.16 bits per heavy atom. The molecule has 0 unspecified atom stereocenters. The molecule has 1 aliphatic heterocycles. The van der Waals surface area contributed by atoms with Crippen LogP contribution in [0.2, 0.25) is 0 Å². The van der Waals surface area contributed by atoms with Gasteiger partial charge in [0.2, 0.25) is 0 Å². The molecule has 1 aromatic carbocycles. The predicted octanol–water partition coefficient (Wildman–Crippen LogP) is 2.21. The third-order valence-corrected chi connectivity index (χ3v) is 3.81. The number of ether oxygens (including phenoxy) is 1. The number of halogens is 1. The topological polar surface area (TPSA) is 84.6 Å². The fraction of sp³-hybridized carbons (Fsp3) is 0.333. The van der Waals surface area contributed by atoms with Crippen molar-refractivity contribution in [3.8, 4) is 29.0 Å². The molecule has 25 heavy (non-hydrogen) atoms. The minimum atomic E-state index is -1.26. The number of aromatic carboxylic acids is 1. The maximum Gasteiger partial charge on any atom is 0.356 e. The number of aliphatic hydroxyl groups is 1. The quantitative estimate of drug-likeness (QED) is 0.775. The summed E-state index contributed by atoms with van der Waals surface area (Å²) < 4.78 is 21.6. The number of fused-ring (bicyclic) bond motifs is 3. The standard InChI is InChI=1S/C18H17FN2O4/c1-10-15(17(22)23)20-16-12-8-11(4-5-18(2,3)24)13(19)9-14(12)25-7-6-21(10)16/h8-9,24H,6-7H2,1-3H3,(H,22,23). The highest BCUT2D eigenvalue weighted by Gasteiger charge is 2.25. The van der Waals surface area contributed by atoms with Crippen LogP contribution in [0.25, 0.3) is 11.4 Å². The van der Waals surface area contributed by atoms with E-state index in [-0.39, 0.29) is 23.6 Å². The van der Waals surface area contributed by atoms with Gasteiger partial charge in [0.1, 0.15) is 29.6 Å².